The van der Waals surface area contributed by atoms with Gasteiger partial charge in [-0.25, -0.2) is 4.39 Å². The Labute approximate surface area is 120 Å². The topological polar surface area (TPSA) is 63.5 Å². The van der Waals surface area contributed by atoms with Crippen molar-refractivity contribution in [1.29, 1.82) is 0 Å². The first-order valence-electron chi connectivity index (χ1n) is 6.76. The van der Waals surface area contributed by atoms with Crippen LogP contribution in [0.25, 0.3) is 0 Å². The molecule has 0 N–H and O–H groups in total. The molecule has 1 fully saturated rings. The maximum absolute atomic E-state index is 14.1. The van der Waals surface area contributed by atoms with Crippen molar-refractivity contribution < 1.29 is 18.5 Å². The average Bonchev–Trinajstić information content (AvgIpc) is 2.41. The van der Waals surface area contributed by atoms with E-state index in [1.54, 1.807) is 6.92 Å². The predicted molar refractivity (Wildman–Crippen MR) is 71.9 cm³/mol. The minimum Gasteiger partial charge on any atom is -0.335 e. The minimum absolute atomic E-state index is 0.147. The zero-order valence-electron chi connectivity index (χ0n) is 11.8. The van der Waals surface area contributed by atoms with Crippen LogP contribution in [0, 0.1) is 27.7 Å². The number of amides is 1. The van der Waals surface area contributed by atoms with Gasteiger partial charge in [0, 0.05) is 18.7 Å². The molecule has 21 heavy (non-hydrogen) atoms. The second-order valence-corrected chi connectivity index (χ2v) is 5.50. The van der Waals surface area contributed by atoms with Gasteiger partial charge in [-0.05, 0) is 31.7 Å². The number of hydrogen-bond donors (Lipinski definition) is 0. The highest BCUT2D eigenvalue weighted by molar-refractivity contribution is 5.95. The Balaban J connectivity index is 2.43. The van der Waals surface area contributed by atoms with Gasteiger partial charge in [-0.1, -0.05) is 6.92 Å². The zero-order valence-corrected chi connectivity index (χ0v) is 11.8. The summed E-state index contributed by atoms with van der Waals surface area (Å²) < 4.78 is 27.9. The van der Waals surface area contributed by atoms with E-state index in [-0.39, 0.29) is 12.0 Å². The SMILES string of the molecule is CC1CCC(C)N(C(=O)c2c(F)ccc([N+](=O)[O-])c2F)C1. The molecule has 5 nitrogen and oxygen atoms in total. The lowest BCUT2D eigenvalue weighted by atomic mass is 9.94. The molecule has 0 radical (unpaired) electrons. The number of halogens is 2. The van der Waals surface area contributed by atoms with Crippen LogP contribution in [0.15, 0.2) is 12.1 Å². The monoisotopic (exact) mass is 298 g/mol. The third-order valence-electron chi connectivity index (χ3n) is 3.86. The van der Waals surface area contributed by atoms with Crippen molar-refractivity contribution in [3.63, 3.8) is 0 Å². The minimum atomic E-state index is -1.41. The predicted octanol–water partition coefficient (Wildman–Crippen LogP) is 3.13. The molecule has 0 bridgehead atoms. The number of nitro benzene ring substituents is 1. The molecule has 0 saturated carbocycles. The van der Waals surface area contributed by atoms with Crippen molar-refractivity contribution in [3.8, 4) is 0 Å². The molecule has 0 spiro atoms. The van der Waals surface area contributed by atoms with Crippen molar-refractivity contribution in [2.75, 3.05) is 6.54 Å². The maximum atomic E-state index is 14.1. The fraction of sp³-hybridized carbons (Fsp3) is 0.500. The molecule has 1 aliphatic heterocycles. The van der Waals surface area contributed by atoms with E-state index in [0.29, 0.717) is 6.54 Å². The van der Waals surface area contributed by atoms with Crippen LogP contribution in [-0.2, 0) is 0 Å². The highest BCUT2D eigenvalue weighted by Crippen LogP contribution is 2.28. The van der Waals surface area contributed by atoms with Gasteiger partial charge in [0.25, 0.3) is 5.91 Å². The van der Waals surface area contributed by atoms with Crippen molar-refractivity contribution in [2.45, 2.75) is 32.7 Å². The van der Waals surface area contributed by atoms with Gasteiger partial charge in [-0.3, -0.25) is 14.9 Å². The smallest absolute Gasteiger partial charge is 0.305 e. The van der Waals surface area contributed by atoms with Gasteiger partial charge >= 0.3 is 5.69 Å². The Bertz CT molecular complexity index is 592. The number of likely N-dealkylation sites (tertiary alicyclic amines) is 1. The van der Waals surface area contributed by atoms with E-state index in [1.807, 2.05) is 6.92 Å². The molecule has 1 aromatic carbocycles. The summed E-state index contributed by atoms with van der Waals surface area (Å²) in [6, 6.07) is 1.34. The van der Waals surface area contributed by atoms with E-state index in [9.17, 15) is 23.7 Å². The molecule has 2 rings (SSSR count). The lowest BCUT2D eigenvalue weighted by molar-refractivity contribution is -0.387. The van der Waals surface area contributed by atoms with Crippen LogP contribution >= 0.6 is 0 Å². The average molecular weight is 298 g/mol. The van der Waals surface area contributed by atoms with Crippen LogP contribution < -0.4 is 0 Å². The first-order valence-corrected chi connectivity index (χ1v) is 6.76. The third kappa shape index (κ3) is 2.86. The Morgan fingerprint density at radius 3 is 2.62 bits per heavy atom. The number of carbonyl (C=O) groups is 1. The number of nitro groups is 1. The van der Waals surface area contributed by atoms with E-state index in [2.05, 4.69) is 0 Å². The molecular weight excluding hydrogens is 282 g/mol. The van der Waals surface area contributed by atoms with Crippen molar-refractivity contribution >= 4 is 11.6 Å². The van der Waals surface area contributed by atoms with E-state index in [1.165, 1.54) is 4.90 Å². The third-order valence-corrected chi connectivity index (χ3v) is 3.86. The molecule has 0 aromatic heterocycles. The molecule has 1 saturated heterocycles. The highest BCUT2D eigenvalue weighted by Gasteiger charge is 2.33. The Hall–Kier alpha value is -2.05. The van der Waals surface area contributed by atoms with E-state index >= 15 is 0 Å². The highest BCUT2D eigenvalue weighted by atomic mass is 19.1. The number of carbonyl (C=O) groups excluding carboxylic acids is 1. The van der Waals surface area contributed by atoms with E-state index in [4.69, 9.17) is 0 Å². The molecule has 1 heterocycles. The first-order chi connectivity index (χ1) is 9.82. The second-order valence-electron chi connectivity index (χ2n) is 5.50. The van der Waals surface area contributed by atoms with E-state index < -0.39 is 33.7 Å². The van der Waals surface area contributed by atoms with Gasteiger partial charge in [-0.15, -0.1) is 0 Å². The van der Waals surface area contributed by atoms with E-state index in [0.717, 1.165) is 25.0 Å². The summed E-state index contributed by atoms with van der Waals surface area (Å²) in [6.07, 6.45) is 1.68. The summed E-state index contributed by atoms with van der Waals surface area (Å²) in [5.74, 6) is -3.08. The molecule has 2 unspecified atom stereocenters. The Morgan fingerprint density at radius 2 is 2.00 bits per heavy atom. The lowest BCUT2D eigenvalue weighted by Gasteiger charge is -2.36. The molecule has 114 valence electrons. The van der Waals surface area contributed by atoms with Gasteiger partial charge in [0.1, 0.15) is 11.4 Å². The van der Waals surface area contributed by atoms with Crippen LogP contribution in [0.2, 0.25) is 0 Å². The maximum Gasteiger partial charge on any atom is 0.305 e. The lowest BCUT2D eigenvalue weighted by Crippen LogP contribution is -2.45. The Kier molecular flexibility index (Phi) is 4.20. The van der Waals surface area contributed by atoms with Gasteiger partial charge in [-0.2, -0.15) is 4.39 Å². The number of hydrogen-bond acceptors (Lipinski definition) is 3. The fourth-order valence-corrected chi connectivity index (χ4v) is 2.59. The van der Waals surface area contributed by atoms with Crippen LogP contribution in [0.5, 0.6) is 0 Å². The standard InChI is InChI=1S/C14H16F2N2O3/c1-8-3-4-9(2)17(7-8)14(19)12-10(15)5-6-11(13(12)16)18(20)21/h5-6,8-9H,3-4,7H2,1-2H3. The quantitative estimate of drug-likeness (QED) is 0.622. The molecule has 0 aliphatic carbocycles. The van der Waals surface area contributed by atoms with Crippen molar-refractivity contribution in [2.24, 2.45) is 5.92 Å². The summed E-state index contributed by atoms with van der Waals surface area (Å²) in [6.45, 7) is 4.14. The molecule has 1 amide bonds. The van der Waals surface area contributed by atoms with Crippen LogP contribution in [-0.4, -0.2) is 28.3 Å². The van der Waals surface area contributed by atoms with Crippen molar-refractivity contribution in [3.05, 3.63) is 39.4 Å². The zero-order chi connectivity index (χ0) is 15.7. The van der Waals surface area contributed by atoms with Crippen LogP contribution in [0.4, 0.5) is 14.5 Å². The van der Waals surface area contributed by atoms with Gasteiger partial charge in [0.2, 0.25) is 5.82 Å². The van der Waals surface area contributed by atoms with Crippen molar-refractivity contribution in [1.82, 2.24) is 4.90 Å². The number of piperidine rings is 1. The normalized spacial score (nSPS) is 22.2. The molecule has 2 atom stereocenters. The Morgan fingerprint density at radius 1 is 1.33 bits per heavy atom. The number of rotatable bonds is 2. The summed E-state index contributed by atoms with van der Waals surface area (Å²) in [5, 5.41) is 10.7. The first kappa shape index (κ1) is 15.3. The number of benzene rings is 1. The van der Waals surface area contributed by atoms with Crippen LogP contribution in [0.1, 0.15) is 37.0 Å². The second kappa shape index (κ2) is 5.75. The summed E-state index contributed by atoms with van der Waals surface area (Å²) in [7, 11) is 0. The molecule has 7 heteroatoms. The summed E-state index contributed by atoms with van der Waals surface area (Å²) in [5.41, 5.74) is -1.73. The largest absolute Gasteiger partial charge is 0.335 e. The summed E-state index contributed by atoms with van der Waals surface area (Å²) in [4.78, 5) is 23.5. The van der Waals surface area contributed by atoms with Gasteiger partial charge < -0.3 is 4.90 Å². The molecule has 1 aromatic rings. The molecular formula is C14H16F2N2O3. The van der Waals surface area contributed by atoms with Crippen LogP contribution in [0.3, 0.4) is 0 Å². The fourth-order valence-electron chi connectivity index (χ4n) is 2.59. The number of nitrogens with zero attached hydrogens (tertiary/aromatic N) is 2. The summed E-state index contributed by atoms with van der Waals surface area (Å²) >= 11 is 0. The molecule has 1 aliphatic rings. The van der Waals surface area contributed by atoms with Gasteiger partial charge in [0.05, 0.1) is 4.92 Å². The van der Waals surface area contributed by atoms with Gasteiger partial charge in [0.15, 0.2) is 0 Å².